The summed E-state index contributed by atoms with van der Waals surface area (Å²) in [5.41, 5.74) is 2.17. The van der Waals surface area contributed by atoms with E-state index in [0.29, 0.717) is 36.9 Å². The zero-order valence-corrected chi connectivity index (χ0v) is 19.2. The van der Waals surface area contributed by atoms with Crippen molar-refractivity contribution in [2.75, 3.05) is 26.2 Å². The Hall–Kier alpha value is -3.12. The van der Waals surface area contributed by atoms with E-state index < -0.39 is 5.60 Å². The number of benzene rings is 2. The van der Waals surface area contributed by atoms with Gasteiger partial charge >= 0.3 is 6.09 Å². The number of fused-ring (bicyclic) bond motifs is 1. The van der Waals surface area contributed by atoms with Crippen molar-refractivity contribution in [3.05, 3.63) is 65.4 Å². The summed E-state index contributed by atoms with van der Waals surface area (Å²) in [7, 11) is 0. The smallest absolute Gasteiger partial charge is 0.410 e. The van der Waals surface area contributed by atoms with Crippen LogP contribution in [0.2, 0.25) is 5.15 Å². The molecule has 0 unspecified atom stereocenters. The van der Waals surface area contributed by atoms with E-state index in [9.17, 15) is 9.59 Å². The first-order valence-electron chi connectivity index (χ1n) is 10.6. The zero-order chi connectivity index (χ0) is 22.9. The van der Waals surface area contributed by atoms with Crippen LogP contribution < -0.4 is 0 Å². The molecule has 7 heteroatoms. The standard InChI is InChI=1S/C25H26ClN3O3/c1-25(2,3)32-24(31)29-12-10-28(11-13-29)23(30)18-6-4-17(5-7-18)19-8-9-20-16-27-22(26)15-21(20)14-19/h4-9,14-16H,10-13H2,1-3H3. The first-order chi connectivity index (χ1) is 15.2. The molecule has 2 aromatic carbocycles. The SMILES string of the molecule is CC(C)(C)OC(=O)N1CCN(C(=O)c2ccc(-c3ccc4cnc(Cl)cc4c3)cc2)CC1. The van der Waals surface area contributed by atoms with Crippen molar-refractivity contribution in [2.24, 2.45) is 0 Å². The summed E-state index contributed by atoms with van der Waals surface area (Å²) in [6, 6.07) is 15.6. The van der Waals surface area contributed by atoms with Gasteiger partial charge in [0.25, 0.3) is 5.91 Å². The molecule has 0 N–H and O–H groups in total. The highest BCUT2D eigenvalue weighted by atomic mass is 35.5. The maximum Gasteiger partial charge on any atom is 0.410 e. The molecule has 0 bridgehead atoms. The summed E-state index contributed by atoms with van der Waals surface area (Å²) in [6.07, 6.45) is 1.42. The van der Waals surface area contributed by atoms with Gasteiger partial charge in [0.15, 0.2) is 0 Å². The van der Waals surface area contributed by atoms with Crippen LogP contribution in [0.4, 0.5) is 4.79 Å². The van der Waals surface area contributed by atoms with E-state index in [1.54, 1.807) is 16.0 Å². The van der Waals surface area contributed by atoms with Crippen molar-refractivity contribution in [1.82, 2.24) is 14.8 Å². The summed E-state index contributed by atoms with van der Waals surface area (Å²) in [5, 5.41) is 2.50. The summed E-state index contributed by atoms with van der Waals surface area (Å²) in [4.78, 5) is 32.7. The van der Waals surface area contributed by atoms with Crippen LogP contribution in [0.15, 0.2) is 54.7 Å². The Morgan fingerprint density at radius 2 is 1.50 bits per heavy atom. The molecule has 166 valence electrons. The monoisotopic (exact) mass is 451 g/mol. The Morgan fingerprint density at radius 1 is 0.875 bits per heavy atom. The molecule has 2 heterocycles. The molecule has 0 radical (unpaired) electrons. The Kier molecular flexibility index (Phi) is 6.07. The lowest BCUT2D eigenvalue weighted by atomic mass is 10.0. The van der Waals surface area contributed by atoms with Crippen LogP contribution in [0.25, 0.3) is 21.9 Å². The van der Waals surface area contributed by atoms with Crippen LogP contribution in [0.3, 0.4) is 0 Å². The van der Waals surface area contributed by atoms with E-state index in [4.69, 9.17) is 16.3 Å². The highest BCUT2D eigenvalue weighted by molar-refractivity contribution is 6.30. The second kappa shape index (κ2) is 8.79. The van der Waals surface area contributed by atoms with E-state index in [0.717, 1.165) is 21.9 Å². The number of carbonyl (C=O) groups is 2. The van der Waals surface area contributed by atoms with E-state index in [-0.39, 0.29) is 12.0 Å². The average Bonchev–Trinajstić information content (AvgIpc) is 2.77. The molecule has 0 spiro atoms. The third-order valence-corrected chi connectivity index (χ3v) is 5.58. The number of nitrogens with zero attached hydrogens (tertiary/aromatic N) is 3. The van der Waals surface area contributed by atoms with Crippen molar-refractivity contribution >= 4 is 34.4 Å². The Bertz CT molecular complexity index is 1150. The number of halogens is 1. The zero-order valence-electron chi connectivity index (χ0n) is 18.5. The molecule has 0 aliphatic carbocycles. The molecule has 1 aromatic heterocycles. The van der Waals surface area contributed by atoms with Gasteiger partial charge in [-0.3, -0.25) is 4.79 Å². The largest absolute Gasteiger partial charge is 0.444 e. The van der Waals surface area contributed by atoms with E-state index in [1.807, 2.05) is 63.2 Å². The predicted molar refractivity (Wildman–Crippen MR) is 126 cm³/mol. The summed E-state index contributed by atoms with van der Waals surface area (Å²) in [6.45, 7) is 7.44. The Morgan fingerprint density at radius 3 is 2.16 bits per heavy atom. The number of hydrogen-bond acceptors (Lipinski definition) is 4. The molecular weight excluding hydrogens is 426 g/mol. The van der Waals surface area contributed by atoms with E-state index in [1.165, 1.54) is 0 Å². The maximum absolute atomic E-state index is 12.9. The van der Waals surface area contributed by atoms with Gasteiger partial charge in [-0.2, -0.15) is 0 Å². The third kappa shape index (κ3) is 5.02. The van der Waals surface area contributed by atoms with Gasteiger partial charge in [0.1, 0.15) is 10.8 Å². The average molecular weight is 452 g/mol. The molecule has 1 aliphatic rings. The molecule has 2 amide bonds. The first-order valence-corrected chi connectivity index (χ1v) is 11.0. The van der Waals surface area contributed by atoms with Crippen LogP contribution in [0.1, 0.15) is 31.1 Å². The molecule has 3 aromatic rings. The van der Waals surface area contributed by atoms with E-state index in [2.05, 4.69) is 11.1 Å². The normalized spacial score (nSPS) is 14.5. The number of amides is 2. The van der Waals surface area contributed by atoms with E-state index >= 15 is 0 Å². The van der Waals surface area contributed by atoms with Gasteiger partial charge in [0.2, 0.25) is 0 Å². The Labute approximate surface area is 192 Å². The molecule has 1 fully saturated rings. The number of ether oxygens (including phenoxy) is 1. The minimum atomic E-state index is -0.528. The number of aromatic nitrogens is 1. The number of carbonyl (C=O) groups excluding carboxylic acids is 2. The van der Waals surface area contributed by atoms with Crippen LogP contribution in [0, 0.1) is 0 Å². The molecule has 0 saturated carbocycles. The van der Waals surface area contributed by atoms with Crippen LogP contribution >= 0.6 is 11.6 Å². The summed E-state index contributed by atoms with van der Waals surface area (Å²) in [5.74, 6) is -0.0308. The number of piperazine rings is 1. The molecule has 1 saturated heterocycles. The lowest BCUT2D eigenvalue weighted by Crippen LogP contribution is -2.51. The fraction of sp³-hybridized carbons (Fsp3) is 0.320. The molecule has 0 atom stereocenters. The van der Waals surface area contributed by atoms with Gasteiger partial charge in [0.05, 0.1) is 0 Å². The van der Waals surface area contributed by atoms with Crippen LogP contribution in [-0.4, -0.2) is 58.6 Å². The van der Waals surface area contributed by atoms with Gasteiger partial charge in [-0.05, 0) is 61.5 Å². The van der Waals surface area contributed by atoms with Gasteiger partial charge in [0, 0.05) is 43.3 Å². The molecular formula is C25H26ClN3O3. The van der Waals surface area contributed by atoms with Crippen molar-refractivity contribution in [3.63, 3.8) is 0 Å². The van der Waals surface area contributed by atoms with Crippen LogP contribution in [-0.2, 0) is 4.74 Å². The molecule has 6 nitrogen and oxygen atoms in total. The van der Waals surface area contributed by atoms with Crippen LogP contribution in [0.5, 0.6) is 0 Å². The second-order valence-electron chi connectivity index (χ2n) is 8.91. The van der Waals surface area contributed by atoms with Crippen molar-refractivity contribution < 1.29 is 14.3 Å². The highest BCUT2D eigenvalue weighted by Gasteiger charge is 2.28. The van der Waals surface area contributed by atoms with Gasteiger partial charge in [-0.1, -0.05) is 35.9 Å². The minimum Gasteiger partial charge on any atom is -0.444 e. The summed E-state index contributed by atoms with van der Waals surface area (Å²) < 4.78 is 5.42. The van der Waals surface area contributed by atoms with Gasteiger partial charge < -0.3 is 14.5 Å². The predicted octanol–water partition coefficient (Wildman–Crippen LogP) is 5.25. The minimum absolute atomic E-state index is 0.0308. The maximum atomic E-state index is 12.9. The first kappa shape index (κ1) is 22.1. The molecule has 32 heavy (non-hydrogen) atoms. The third-order valence-electron chi connectivity index (χ3n) is 5.37. The topological polar surface area (TPSA) is 62.7 Å². The number of hydrogen-bond donors (Lipinski definition) is 0. The fourth-order valence-electron chi connectivity index (χ4n) is 3.70. The molecule has 4 rings (SSSR count). The lowest BCUT2D eigenvalue weighted by molar-refractivity contribution is 0.0141. The lowest BCUT2D eigenvalue weighted by Gasteiger charge is -2.35. The number of rotatable bonds is 2. The van der Waals surface area contributed by atoms with Crippen molar-refractivity contribution in [3.8, 4) is 11.1 Å². The number of pyridine rings is 1. The summed E-state index contributed by atoms with van der Waals surface area (Å²) >= 11 is 6.02. The molecule has 1 aliphatic heterocycles. The fourth-order valence-corrected chi connectivity index (χ4v) is 3.87. The van der Waals surface area contributed by atoms with Crippen molar-refractivity contribution in [2.45, 2.75) is 26.4 Å². The quantitative estimate of drug-likeness (QED) is 0.499. The second-order valence-corrected chi connectivity index (χ2v) is 9.29. The van der Waals surface area contributed by atoms with Crippen molar-refractivity contribution in [1.29, 1.82) is 0 Å². The Balaban J connectivity index is 1.41. The highest BCUT2D eigenvalue weighted by Crippen LogP contribution is 2.26. The van der Waals surface area contributed by atoms with Gasteiger partial charge in [-0.15, -0.1) is 0 Å². The van der Waals surface area contributed by atoms with Gasteiger partial charge in [-0.25, -0.2) is 9.78 Å².